The summed E-state index contributed by atoms with van der Waals surface area (Å²) in [6.45, 7) is 1.77. The number of aliphatic carboxylic acids is 1. The van der Waals surface area contributed by atoms with E-state index in [1.807, 2.05) is 0 Å². The van der Waals surface area contributed by atoms with Gasteiger partial charge in [0.2, 0.25) is 0 Å². The third kappa shape index (κ3) is 7.74. The average molecular weight is 189 g/mol. The van der Waals surface area contributed by atoms with Gasteiger partial charge < -0.3 is 15.9 Å². The number of hydrogen-bond acceptors (Lipinski definition) is 3. The molecule has 0 saturated heterocycles. The van der Waals surface area contributed by atoms with Gasteiger partial charge in [0, 0.05) is 12.5 Å². The van der Waals surface area contributed by atoms with Gasteiger partial charge in [-0.25, -0.2) is 0 Å². The summed E-state index contributed by atoms with van der Waals surface area (Å²) in [6, 6.07) is -0.195. The van der Waals surface area contributed by atoms with Crippen LogP contribution in [0.4, 0.5) is 0 Å². The first-order chi connectivity index (χ1) is 6.04. The van der Waals surface area contributed by atoms with E-state index >= 15 is 0 Å². The number of aliphatic hydroxyl groups is 1. The Kier molecular flexibility index (Phi) is 6.54. The van der Waals surface area contributed by atoms with Gasteiger partial charge in [0.1, 0.15) is 0 Å². The molecule has 4 nitrogen and oxygen atoms in total. The van der Waals surface area contributed by atoms with Gasteiger partial charge in [-0.15, -0.1) is 0 Å². The first kappa shape index (κ1) is 12.4. The summed E-state index contributed by atoms with van der Waals surface area (Å²) < 4.78 is 0. The second kappa shape index (κ2) is 6.86. The van der Waals surface area contributed by atoms with Gasteiger partial charge in [0.05, 0.1) is 6.10 Å². The number of carboxylic acids is 1. The highest BCUT2D eigenvalue weighted by molar-refractivity contribution is 5.66. The second-order valence-corrected chi connectivity index (χ2v) is 3.42. The molecule has 0 amide bonds. The lowest BCUT2D eigenvalue weighted by Crippen LogP contribution is -2.31. The van der Waals surface area contributed by atoms with Crippen molar-refractivity contribution in [3.8, 4) is 0 Å². The molecular formula is C9H19NO3. The maximum Gasteiger partial charge on any atom is 0.303 e. The van der Waals surface area contributed by atoms with Crippen molar-refractivity contribution in [1.29, 1.82) is 0 Å². The van der Waals surface area contributed by atoms with Crippen molar-refractivity contribution in [2.24, 2.45) is 5.73 Å². The lowest BCUT2D eigenvalue weighted by Gasteiger charge is -2.13. The van der Waals surface area contributed by atoms with Crippen molar-refractivity contribution >= 4 is 5.97 Å². The van der Waals surface area contributed by atoms with Crippen LogP contribution < -0.4 is 5.73 Å². The van der Waals surface area contributed by atoms with Crippen LogP contribution in [0.25, 0.3) is 0 Å². The smallest absolute Gasteiger partial charge is 0.303 e. The molecule has 4 heteroatoms. The number of carbonyl (C=O) groups is 1. The van der Waals surface area contributed by atoms with Crippen LogP contribution in [-0.2, 0) is 4.79 Å². The number of rotatable bonds is 7. The largest absolute Gasteiger partial charge is 0.481 e. The number of aliphatic hydroxyl groups excluding tert-OH is 1. The van der Waals surface area contributed by atoms with Crippen molar-refractivity contribution < 1.29 is 15.0 Å². The van der Waals surface area contributed by atoms with Gasteiger partial charge in [-0.2, -0.15) is 0 Å². The Hall–Kier alpha value is -0.610. The number of unbranched alkanes of at least 4 members (excludes halogenated alkanes) is 2. The molecule has 0 aromatic rings. The highest BCUT2D eigenvalue weighted by Crippen LogP contribution is 2.07. The minimum absolute atomic E-state index is 0.195. The van der Waals surface area contributed by atoms with Crippen molar-refractivity contribution in [2.45, 2.75) is 51.2 Å². The van der Waals surface area contributed by atoms with Crippen LogP contribution in [0.1, 0.15) is 39.0 Å². The van der Waals surface area contributed by atoms with Gasteiger partial charge in [-0.05, 0) is 19.8 Å². The monoisotopic (exact) mass is 189 g/mol. The highest BCUT2D eigenvalue weighted by Gasteiger charge is 2.08. The van der Waals surface area contributed by atoms with Crippen molar-refractivity contribution in [2.75, 3.05) is 0 Å². The molecular weight excluding hydrogens is 170 g/mol. The fraction of sp³-hybridized carbons (Fsp3) is 0.889. The Balaban J connectivity index is 3.21. The molecule has 2 unspecified atom stereocenters. The molecule has 0 rings (SSSR count). The fourth-order valence-corrected chi connectivity index (χ4v) is 1.07. The summed E-state index contributed by atoms with van der Waals surface area (Å²) >= 11 is 0. The topological polar surface area (TPSA) is 83.5 Å². The molecule has 13 heavy (non-hydrogen) atoms. The Labute approximate surface area is 78.7 Å². The summed E-state index contributed by atoms with van der Waals surface area (Å²) in [5.74, 6) is -0.757. The SMILES string of the molecule is CC(N)C(O)CCCCCC(=O)O. The van der Waals surface area contributed by atoms with E-state index in [1.54, 1.807) is 6.92 Å². The lowest BCUT2D eigenvalue weighted by atomic mass is 10.1. The zero-order valence-corrected chi connectivity index (χ0v) is 8.07. The summed E-state index contributed by atoms with van der Waals surface area (Å²) in [4.78, 5) is 10.1. The molecule has 0 radical (unpaired) electrons. The predicted molar refractivity (Wildman–Crippen MR) is 50.4 cm³/mol. The standard InChI is InChI=1S/C9H19NO3/c1-7(10)8(11)5-3-2-4-6-9(12)13/h7-8,11H,2-6,10H2,1H3,(H,12,13). The molecule has 0 spiro atoms. The quantitative estimate of drug-likeness (QED) is 0.515. The number of hydrogen-bond donors (Lipinski definition) is 3. The molecule has 0 aliphatic carbocycles. The van der Waals surface area contributed by atoms with Gasteiger partial charge in [-0.1, -0.05) is 12.8 Å². The maximum atomic E-state index is 10.1. The Bertz CT molecular complexity index is 148. The van der Waals surface area contributed by atoms with Gasteiger partial charge in [0.15, 0.2) is 0 Å². The van der Waals surface area contributed by atoms with Crippen LogP contribution in [0.5, 0.6) is 0 Å². The fourth-order valence-electron chi connectivity index (χ4n) is 1.07. The van der Waals surface area contributed by atoms with Crippen LogP contribution in [0.3, 0.4) is 0 Å². The number of nitrogens with two attached hydrogens (primary N) is 1. The second-order valence-electron chi connectivity index (χ2n) is 3.42. The summed E-state index contributed by atoms with van der Waals surface area (Å²) in [5.41, 5.74) is 5.45. The minimum atomic E-state index is -0.757. The third-order valence-electron chi connectivity index (χ3n) is 2.00. The number of carboxylic acid groups (broad SMARTS) is 1. The van der Waals surface area contributed by atoms with Gasteiger partial charge in [0.25, 0.3) is 0 Å². The maximum absolute atomic E-state index is 10.1. The van der Waals surface area contributed by atoms with Crippen LogP contribution in [0, 0.1) is 0 Å². The van der Waals surface area contributed by atoms with E-state index in [0.717, 1.165) is 12.8 Å². The highest BCUT2D eigenvalue weighted by atomic mass is 16.4. The minimum Gasteiger partial charge on any atom is -0.481 e. The molecule has 0 bridgehead atoms. The first-order valence-electron chi connectivity index (χ1n) is 4.69. The molecule has 4 N–H and O–H groups in total. The van der Waals surface area contributed by atoms with Crippen molar-refractivity contribution in [1.82, 2.24) is 0 Å². The van der Waals surface area contributed by atoms with E-state index in [9.17, 15) is 9.90 Å². The normalized spacial score (nSPS) is 15.3. The molecule has 0 aromatic heterocycles. The van der Waals surface area contributed by atoms with E-state index in [4.69, 9.17) is 10.8 Å². The predicted octanol–water partition coefficient (Wildman–Crippen LogP) is 0.730. The van der Waals surface area contributed by atoms with E-state index in [2.05, 4.69) is 0 Å². The molecule has 0 heterocycles. The first-order valence-corrected chi connectivity index (χ1v) is 4.69. The van der Waals surface area contributed by atoms with Crippen LogP contribution >= 0.6 is 0 Å². The van der Waals surface area contributed by atoms with Gasteiger partial charge in [-0.3, -0.25) is 4.79 Å². The van der Waals surface area contributed by atoms with E-state index in [1.165, 1.54) is 0 Å². The molecule has 0 aliphatic heterocycles. The lowest BCUT2D eigenvalue weighted by molar-refractivity contribution is -0.137. The van der Waals surface area contributed by atoms with E-state index in [0.29, 0.717) is 12.8 Å². The van der Waals surface area contributed by atoms with Crippen LogP contribution in [0.2, 0.25) is 0 Å². The van der Waals surface area contributed by atoms with E-state index in [-0.39, 0.29) is 12.5 Å². The zero-order valence-electron chi connectivity index (χ0n) is 8.07. The molecule has 78 valence electrons. The van der Waals surface area contributed by atoms with Crippen molar-refractivity contribution in [3.05, 3.63) is 0 Å². The van der Waals surface area contributed by atoms with Gasteiger partial charge >= 0.3 is 5.97 Å². The molecule has 0 aliphatic rings. The third-order valence-corrected chi connectivity index (χ3v) is 2.00. The molecule has 0 saturated carbocycles. The van der Waals surface area contributed by atoms with Crippen LogP contribution in [0.15, 0.2) is 0 Å². The zero-order chi connectivity index (χ0) is 10.3. The van der Waals surface area contributed by atoms with E-state index < -0.39 is 12.1 Å². The molecule has 2 atom stereocenters. The van der Waals surface area contributed by atoms with Crippen molar-refractivity contribution in [3.63, 3.8) is 0 Å². The molecule has 0 fully saturated rings. The summed E-state index contributed by atoms with van der Waals surface area (Å²) in [5, 5.41) is 17.6. The summed E-state index contributed by atoms with van der Waals surface area (Å²) in [6.07, 6.45) is 2.79. The van der Waals surface area contributed by atoms with Crippen LogP contribution in [-0.4, -0.2) is 28.3 Å². The Morgan fingerprint density at radius 3 is 2.46 bits per heavy atom. The molecule has 0 aromatic carbocycles. The summed E-state index contributed by atoms with van der Waals surface area (Å²) in [7, 11) is 0. The Morgan fingerprint density at radius 2 is 2.00 bits per heavy atom. The Morgan fingerprint density at radius 1 is 1.38 bits per heavy atom. The average Bonchev–Trinajstić information content (AvgIpc) is 2.02.